The highest BCUT2D eigenvalue weighted by Gasteiger charge is 2.36. The van der Waals surface area contributed by atoms with Crippen LogP contribution in [0.15, 0.2) is 22.7 Å². The number of benzene rings is 1. The molecule has 24 heavy (non-hydrogen) atoms. The Bertz CT molecular complexity index is 672. The number of carbonyl (C=O) groups excluding carboxylic acids is 2. The molecule has 2 aliphatic heterocycles. The number of hydrogen-bond donors (Lipinski definition) is 1. The van der Waals surface area contributed by atoms with Crippen LogP contribution in [0.2, 0.25) is 0 Å². The summed E-state index contributed by atoms with van der Waals surface area (Å²) in [4.78, 5) is 28.4. The second-order valence-corrected chi connectivity index (χ2v) is 8.10. The fourth-order valence-corrected chi connectivity index (χ4v) is 3.45. The highest BCUT2D eigenvalue weighted by molar-refractivity contribution is 9.10. The van der Waals surface area contributed by atoms with Crippen molar-refractivity contribution < 1.29 is 14.3 Å². The third-order valence-corrected chi connectivity index (χ3v) is 4.59. The molecule has 0 radical (unpaired) electrons. The number of hydrogen-bond acceptors (Lipinski definition) is 4. The largest absolute Gasteiger partial charge is 0.444 e. The van der Waals surface area contributed by atoms with Crippen LogP contribution in [0, 0.1) is 0 Å². The predicted molar refractivity (Wildman–Crippen MR) is 96.3 cm³/mol. The Morgan fingerprint density at radius 3 is 2.79 bits per heavy atom. The van der Waals surface area contributed by atoms with Crippen molar-refractivity contribution in [1.82, 2.24) is 4.90 Å². The van der Waals surface area contributed by atoms with Crippen LogP contribution >= 0.6 is 15.9 Å². The summed E-state index contributed by atoms with van der Waals surface area (Å²) in [6.45, 7) is 7.29. The summed E-state index contributed by atoms with van der Waals surface area (Å²) in [5, 5.41) is 2.95. The van der Waals surface area contributed by atoms with Crippen LogP contribution in [-0.4, -0.2) is 48.2 Å². The number of nitrogens with one attached hydrogen (secondary N) is 1. The van der Waals surface area contributed by atoms with Gasteiger partial charge in [-0.2, -0.15) is 0 Å². The summed E-state index contributed by atoms with van der Waals surface area (Å²) in [6.07, 6.45) is 0.0345. The summed E-state index contributed by atoms with van der Waals surface area (Å²) < 4.78 is 6.43. The Labute approximate surface area is 150 Å². The average molecular weight is 396 g/mol. The molecule has 1 aromatic carbocycles. The summed E-state index contributed by atoms with van der Waals surface area (Å²) >= 11 is 3.49. The average Bonchev–Trinajstić information content (AvgIpc) is 2.60. The molecule has 7 heteroatoms. The third-order valence-electron chi connectivity index (χ3n) is 4.10. The van der Waals surface area contributed by atoms with Gasteiger partial charge in [0.05, 0.1) is 17.4 Å². The van der Waals surface area contributed by atoms with E-state index < -0.39 is 5.60 Å². The first-order valence-electron chi connectivity index (χ1n) is 8.07. The molecule has 6 nitrogen and oxygen atoms in total. The van der Waals surface area contributed by atoms with E-state index >= 15 is 0 Å². The topological polar surface area (TPSA) is 61.9 Å². The number of ether oxygens (including phenoxy) is 1. The van der Waals surface area contributed by atoms with Gasteiger partial charge in [0.15, 0.2) is 0 Å². The van der Waals surface area contributed by atoms with Crippen LogP contribution in [0.25, 0.3) is 0 Å². The van der Waals surface area contributed by atoms with Crippen molar-refractivity contribution in [3.63, 3.8) is 0 Å². The van der Waals surface area contributed by atoms with E-state index in [-0.39, 0.29) is 18.0 Å². The zero-order valence-electron chi connectivity index (χ0n) is 14.1. The molecule has 2 heterocycles. The summed E-state index contributed by atoms with van der Waals surface area (Å²) in [7, 11) is 0. The zero-order chi connectivity index (χ0) is 17.5. The summed E-state index contributed by atoms with van der Waals surface area (Å²) in [5.74, 6) is -0.0305. The SMILES string of the molecule is CC(C)(C)OC(=O)N1CCN2c3cc(Br)ccc3NC(=O)CC2C1. The number of nitrogens with zero attached hydrogens (tertiary/aromatic N) is 2. The predicted octanol–water partition coefficient (Wildman–Crippen LogP) is 3.22. The number of anilines is 2. The minimum Gasteiger partial charge on any atom is -0.444 e. The second kappa shape index (κ2) is 6.27. The second-order valence-electron chi connectivity index (χ2n) is 7.19. The van der Waals surface area contributed by atoms with Crippen LogP contribution in [0.3, 0.4) is 0 Å². The Morgan fingerprint density at radius 1 is 1.33 bits per heavy atom. The smallest absolute Gasteiger partial charge is 0.410 e. The lowest BCUT2D eigenvalue weighted by Gasteiger charge is -2.42. The molecule has 130 valence electrons. The lowest BCUT2D eigenvalue weighted by molar-refractivity contribution is -0.116. The maximum Gasteiger partial charge on any atom is 0.410 e. The first kappa shape index (κ1) is 17.1. The van der Waals surface area contributed by atoms with Crippen LogP contribution in [0.1, 0.15) is 27.2 Å². The molecule has 2 amide bonds. The van der Waals surface area contributed by atoms with Gasteiger partial charge < -0.3 is 19.9 Å². The van der Waals surface area contributed by atoms with Gasteiger partial charge in [-0.25, -0.2) is 4.79 Å². The van der Waals surface area contributed by atoms with Crippen LogP contribution in [-0.2, 0) is 9.53 Å². The van der Waals surface area contributed by atoms with Crippen molar-refractivity contribution in [3.05, 3.63) is 22.7 Å². The van der Waals surface area contributed by atoms with E-state index in [0.717, 1.165) is 15.8 Å². The standard InChI is InChI=1S/C17H22BrN3O3/c1-17(2,3)24-16(23)20-6-7-21-12(10-20)9-15(22)19-13-5-4-11(18)8-14(13)21/h4-5,8,12H,6-7,9-10H2,1-3H3,(H,19,22). The molecule has 1 aromatic rings. The van der Waals surface area contributed by atoms with Gasteiger partial charge in [0.1, 0.15) is 5.60 Å². The fraction of sp³-hybridized carbons (Fsp3) is 0.529. The van der Waals surface area contributed by atoms with Crippen molar-refractivity contribution in [1.29, 1.82) is 0 Å². The lowest BCUT2D eigenvalue weighted by Crippen LogP contribution is -2.55. The Balaban J connectivity index is 1.82. The molecule has 1 fully saturated rings. The van der Waals surface area contributed by atoms with E-state index in [9.17, 15) is 9.59 Å². The van der Waals surface area contributed by atoms with Gasteiger partial charge >= 0.3 is 6.09 Å². The van der Waals surface area contributed by atoms with E-state index in [2.05, 4.69) is 26.1 Å². The maximum atomic E-state index is 12.3. The Kier molecular flexibility index (Phi) is 4.46. The zero-order valence-corrected chi connectivity index (χ0v) is 15.7. The van der Waals surface area contributed by atoms with Crippen molar-refractivity contribution in [2.75, 3.05) is 29.9 Å². The van der Waals surface area contributed by atoms with Gasteiger partial charge in [-0.3, -0.25) is 4.79 Å². The van der Waals surface area contributed by atoms with Crippen molar-refractivity contribution in [3.8, 4) is 0 Å². The highest BCUT2D eigenvalue weighted by Crippen LogP contribution is 2.35. The van der Waals surface area contributed by atoms with E-state index in [1.807, 2.05) is 39.0 Å². The first-order valence-corrected chi connectivity index (χ1v) is 8.86. The molecular weight excluding hydrogens is 374 g/mol. The fourth-order valence-electron chi connectivity index (χ4n) is 3.10. The number of piperazine rings is 1. The first-order chi connectivity index (χ1) is 11.2. The van der Waals surface area contributed by atoms with Gasteiger partial charge in [-0.05, 0) is 39.0 Å². The van der Waals surface area contributed by atoms with E-state index in [0.29, 0.717) is 26.1 Å². The molecule has 0 spiro atoms. The maximum absolute atomic E-state index is 12.3. The third kappa shape index (κ3) is 3.66. The number of carbonyl (C=O) groups is 2. The number of rotatable bonds is 0. The summed E-state index contributed by atoms with van der Waals surface area (Å²) in [5.41, 5.74) is 1.28. The number of fused-ring (bicyclic) bond motifs is 3. The molecular formula is C17H22BrN3O3. The van der Waals surface area contributed by atoms with Gasteiger partial charge in [-0.1, -0.05) is 15.9 Å². The minimum absolute atomic E-state index is 0.0305. The van der Waals surface area contributed by atoms with Gasteiger partial charge in [0.25, 0.3) is 0 Å². The van der Waals surface area contributed by atoms with Gasteiger partial charge in [0, 0.05) is 30.5 Å². The Morgan fingerprint density at radius 2 is 2.08 bits per heavy atom. The van der Waals surface area contributed by atoms with E-state index in [1.165, 1.54) is 0 Å². The molecule has 1 N–H and O–H groups in total. The Hall–Kier alpha value is -1.76. The minimum atomic E-state index is -0.521. The molecule has 0 aromatic heterocycles. The van der Waals surface area contributed by atoms with Crippen LogP contribution < -0.4 is 10.2 Å². The van der Waals surface area contributed by atoms with Crippen LogP contribution in [0.4, 0.5) is 16.2 Å². The summed E-state index contributed by atoms with van der Waals surface area (Å²) in [6, 6.07) is 5.77. The van der Waals surface area contributed by atoms with Crippen molar-refractivity contribution in [2.24, 2.45) is 0 Å². The van der Waals surface area contributed by atoms with Crippen molar-refractivity contribution >= 4 is 39.3 Å². The van der Waals surface area contributed by atoms with Crippen LogP contribution in [0.5, 0.6) is 0 Å². The monoisotopic (exact) mass is 395 g/mol. The quantitative estimate of drug-likeness (QED) is 0.732. The molecule has 0 bridgehead atoms. The molecule has 3 rings (SSSR count). The highest BCUT2D eigenvalue weighted by atomic mass is 79.9. The van der Waals surface area contributed by atoms with Crippen molar-refractivity contribution in [2.45, 2.75) is 38.8 Å². The molecule has 1 unspecified atom stereocenters. The van der Waals surface area contributed by atoms with Gasteiger partial charge in [-0.15, -0.1) is 0 Å². The normalized spacial score (nSPS) is 20.7. The van der Waals surface area contributed by atoms with Gasteiger partial charge in [0.2, 0.25) is 5.91 Å². The molecule has 0 aliphatic carbocycles. The molecule has 2 aliphatic rings. The lowest BCUT2D eigenvalue weighted by atomic mass is 10.1. The van der Waals surface area contributed by atoms with E-state index in [1.54, 1.807) is 4.90 Å². The molecule has 1 saturated heterocycles. The molecule has 1 atom stereocenters. The molecule has 0 saturated carbocycles. The number of amides is 2. The van der Waals surface area contributed by atoms with E-state index in [4.69, 9.17) is 4.74 Å². The number of halogens is 1.